The van der Waals surface area contributed by atoms with Crippen molar-refractivity contribution in [3.63, 3.8) is 0 Å². The first-order valence-electron chi connectivity index (χ1n) is 6.54. The number of amides is 1. The average molecular weight is 344 g/mol. The summed E-state index contributed by atoms with van der Waals surface area (Å²) in [5.41, 5.74) is 3.58. The fourth-order valence-electron chi connectivity index (χ4n) is 2.48. The second-order valence-electron chi connectivity index (χ2n) is 4.83. The number of halogens is 1. The zero-order chi connectivity index (χ0) is 15.0. The number of hydrogen-bond acceptors (Lipinski definition) is 2. The maximum absolute atomic E-state index is 12.4. The van der Waals surface area contributed by atoms with Gasteiger partial charge in [0.2, 0.25) is 0 Å². The van der Waals surface area contributed by atoms with Gasteiger partial charge in [0.05, 0.1) is 17.3 Å². The van der Waals surface area contributed by atoms with Gasteiger partial charge in [-0.25, -0.2) is 0 Å². The molecule has 0 saturated carbocycles. The van der Waals surface area contributed by atoms with Crippen LogP contribution in [0.4, 0.5) is 5.69 Å². The molecule has 1 aliphatic rings. The van der Waals surface area contributed by atoms with E-state index >= 15 is 0 Å². The molecule has 0 bridgehead atoms. The third-order valence-corrected chi connectivity index (χ3v) is 4.20. The van der Waals surface area contributed by atoms with Crippen molar-refractivity contribution in [2.24, 2.45) is 0 Å². The summed E-state index contributed by atoms with van der Waals surface area (Å²) in [5, 5.41) is 0. The number of carbonyl (C=O) groups is 1. The molecule has 21 heavy (non-hydrogen) atoms. The molecule has 0 atom stereocenters. The first kappa shape index (κ1) is 13.9. The molecular weight excluding hydrogens is 330 g/mol. The standard InChI is InChI=1S/C17H14BrNO2/c1-19-15-6-4-3-5-12(15)13(17(19)20)9-11-7-8-16(21-2)14(18)10-11/h3-10H,1-2H3. The first-order chi connectivity index (χ1) is 10.1. The summed E-state index contributed by atoms with van der Waals surface area (Å²) in [5.74, 6) is 0.788. The lowest BCUT2D eigenvalue weighted by Crippen LogP contribution is -2.20. The van der Waals surface area contributed by atoms with Crippen LogP contribution in [0.15, 0.2) is 46.9 Å². The Balaban J connectivity index is 2.08. The molecule has 0 spiro atoms. The van der Waals surface area contributed by atoms with Gasteiger partial charge in [-0.15, -0.1) is 0 Å². The number of nitrogens with zero attached hydrogens (tertiary/aromatic N) is 1. The maximum atomic E-state index is 12.4. The van der Waals surface area contributed by atoms with E-state index in [1.54, 1.807) is 19.1 Å². The first-order valence-corrected chi connectivity index (χ1v) is 7.34. The molecule has 0 N–H and O–H groups in total. The summed E-state index contributed by atoms with van der Waals surface area (Å²) in [6, 6.07) is 13.6. The zero-order valence-electron chi connectivity index (χ0n) is 11.8. The molecule has 2 aromatic rings. The van der Waals surface area contributed by atoms with Gasteiger partial charge in [-0.3, -0.25) is 4.79 Å². The molecule has 4 heteroatoms. The van der Waals surface area contributed by atoms with Crippen LogP contribution >= 0.6 is 15.9 Å². The number of carbonyl (C=O) groups excluding carboxylic acids is 1. The van der Waals surface area contributed by atoms with Crippen LogP contribution in [-0.4, -0.2) is 20.1 Å². The smallest absolute Gasteiger partial charge is 0.258 e. The highest BCUT2D eigenvalue weighted by atomic mass is 79.9. The summed E-state index contributed by atoms with van der Waals surface area (Å²) >= 11 is 3.47. The predicted octanol–water partition coefficient (Wildman–Crippen LogP) is 3.97. The van der Waals surface area contributed by atoms with Crippen molar-refractivity contribution in [1.29, 1.82) is 0 Å². The average Bonchev–Trinajstić information content (AvgIpc) is 2.73. The van der Waals surface area contributed by atoms with Gasteiger partial charge in [0, 0.05) is 18.2 Å². The minimum atomic E-state index is 0.0168. The van der Waals surface area contributed by atoms with Crippen molar-refractivity contribution in [3.05, 3.63) is 58.1 Å². The topological polar surface area (TPSA) is 29.5 Å². The molecule has 106 valence electrons. The minimum Gasteiger partial charge on any atom is -0.496 e. The van der Waals surface area contributed by atoms with E-state index in [2.05, 4.69) is 15.9 Å². The molecule has 1 amide bonds. The predicted molar refractivity (Wildman–Crippen MR) is 88.4 cm³/mol. The van der Waals surface area contributed by atoms with E-state index in [1.165, 1.54) is 0 Å². The van der Waals surface area contributed by atoms with Crippen LogP contribution in [0.5, 0.6) is 5.75 Å². The van der Waals surface area contributed by atoms with E-state index in [0.717, 1.165) is 27.0 Å². The summed E-state index contributed by atoms with van der Waals surface area (Å²) < 4.78 is 6.09. The summed E-state index contributed by atoms with van der Waals surface area (Å²) in [6.45, 7) is 0. The highest BCUT2D eigenvalue weighted by Gasteiger charge is 2.28. The molecule has 0 fully saturated rings. The molecular formula is C17H14BrNO2. The molecule has 0 aromatic heterocycles. The number of methoxy groups -OCH3 is 1. The molecule has 3 rings (SSSR count). The molecule has 0 unspecified atom stereocenters. The number of likely N-dealkylation sites (N-methyl/N-ethyl adjacent to an activating group) is 1. The number of fused-ring (bicyclic) bond motifs is 1. The van der Waals surface area contributed by atoms with Crippen LogP contribution in [0.1, 0.15) is 11.1 Å². The minimum absolute atomic E-state index is 0.0168. The highest BCUT2D eigenvalue weighted by Crippen LogP contribution is 2.37. The Bertz CT molecular complexity index is 752. The van der Waals surface area contributed by atoms with Crippen molar-refractivity contribution in [2.75, 3.05) is 19.1 Å². The molecule has 0 saturated heterocycles. The van der Waals surface area contributed by atoms with Gasteiger partial charge >= 0.3 is 0 Å². The normalized spacial score (nSPS) is 15.5. The second-order valence-corrected chi connectivity index (χ2v) is 5.69. The molecule has 1 heterocycles. The lowest BCUT2D eigenvalue weighted by molar-refractivity contribution is -0.112. The highest BCUT2D eigenvalue weighted by molar-refractivity contribution is 9.10. The van der Waals surface area contributed by atoms with Crippen molar-refractivity contribution in [3.8, 4) is 5.75 Å². The van der Waals surface area contributed by atoms with E-state index < -0.39 is 0 Å². The fourth-order valence-corrected chi connectivity index (χ4v) is 3.04. The van der Waals surface area contributed by atoms with E-state index in [4.69, 9.17) is 4.74 Å². The van der Waals surface area contributed by atoms with Gasteiger partial charge in [0.15, 0.2) is 0 Å². The summed E-state index contributed by atoms with van der Waals surface area (Å²) in [4.78, 5) is 14.1. The van der Waals surface area contributed by atoms with Crippen LogP contribution in [0.3, 0.4) is 0 Å². The van der Waals surface area contributed by atoms with E-state index in [-0.39, 0.29) is 5.91 Å². The van der Waals surface area contributed by atoms with Gasteiger partial charge in [-0.1, -0.05) is 24.3 Å². The quantitative estimate of drug-likeness (QED) is 0.772. The van der Waals surface area contributed by atoms with E-state index in [1.807, 2.05) is 48.5 Å². The Hall–Kier alpha value is -2.07. The number of benzene rings is 2. The number of rotatable bonds is 2. The van der Waals surface area contributed by atoms with E-state index in [9.17, 15) is 4.79 Å². The number of para-hydroxylation sites is 1. The van der Waals surface area contributed by atoms with Crippen molar-refractivity contribution in [1.82, 2.24) is 0 Å². The lowest BCUT2D eigenvalue weighted by atomic mass is 10.0. The summed E-state index contributed by atoms with van der Waals surface area (Å²) in [6.07, 6.45) is 1.91. The number of ether oxygens (including phenoxy) is 1. The lowest BCUT2D eigenvalue weighted by Gasteiger charge is -2.08. The van der Waals surface area contributed by atoms with Crippen LogP contribution < -0.4 is 9.64 Å². The maximum Gasteiger partial charge on any atom is 0.258 e. The van der Waals surface area contributed by atoms with Crippen LogP contribution in [0.25, 0.3) is 11.6 Å². The largest absolute Gasteiger partial charge is 0.496 e. The molecule has 1 aliphatic heterocycles. The van der Waals surface area contributed by atoms with Crippen LogP contribution in [0.2, 0.25) is 0 Å². The van der Waals surface area contributed by atoms with Gasteiger partial charge in [0.1, 0.15) is 5.75 Å². The number of anilines is 1. The molecule has 0 aliphatic carbocycles. The fraction of sp³-hybridized carbons (Fsp3) is 0.118. The third kappa shape index (κ3) is 2.36. The van der Waals surface area contributed by atoms with E-state index in [0.29, 0.717) is 5.57 Å². The van der Waals surface area contributed by atoms with Gasteiger partial charge < -0.3 is 9.64 Å². The Morgan fingerprint density at radius 1 is 1.19 bits per heavy atom. The molecule has 2 aromatic carbocycles. The Morgan fingerprint density at radius 2 is 1.95 bits per heavy atom. The Kier molecular flexibility index (Phi) is 3.55. The van der Waals surface area contributed by atoms with Crippen molar-refractivity contribution < 1.29 is 9.53 Å². The third-order valence-electron chi connectivity index (χ3n) is 3.58. The van der Waals surface area contributed by atoms with Crippen molar-refractivity contribution in [2.45, 2.75) is 0 Å². The SMILES string of the molecule is COc1ccc(C=C2C(=O)N(C)c3ccccc32)cc1Br. The van der Waals surface area contributed by atoms with Crippen LogP contribution in [0, 0.1) is 0 Å². The number of hydrogen-bond donors (Lipinski definition) is 0. The Labute approximate surface area is 132 Å². The Morgan fingerprint density at radius 3 is 2.67 bits per heavy atom. The van der Waals surface area contributed by atoms with Gasteiger partial charge in [-0.2, -0.15) is 0 Å². The van der Waals surface area contributed by atoms with Crippen molar-refractivity contribution >= 4 is 39.2 Å². The second kappa shape index (κ2) is 5.37. The zero-order valence-corrected chi connectivity index (χ0v) is 13.3. The monoisotopic (exact) mass is 343 g/mol. The van der Waals surface area contributed by atoms with Gasteiger partial charge in [-0.05, 0) is 45.8 Å². The molecule has 0 radical (unpaired) electrons. The van der Waals surface area contributed by atoms with Crippen LogP contribution in [-0.2, 0) is 4.79 Å². The molecule has 3 nitrogen and oxygen atoms in total. The summed E-state index contributed by atoms with van der Waals surface area (Å²) in [7, 11) is 3.43. The van der Waals surface area contributed by atoms with Gasteiger partial charge in [0.25, 0.3) is 5.91 Å².